The number of rotatable bonds is 5. The van der Waals surface area contributed by atoms with Crippen LogP contribution in [0.1, 0.15) is 57.1 Å². The summed E-state index contributed by atoms with van der Waals surface area (Å²) in [5, 5.41) is 4.49. The van der Waals surface area contributed by atoms with Crippen molar-refractivity contribution in [1.82, 2.24) is 14.7 Å². The molecule has 2 fully saturated rings. The average molecular weight is 290 g/mol. The van der Waals surface area contributed by atoms with Gasteiger partial charge in [0, 0.05) is 31.4 Å². The number of piperidine rings is 1. The Kier molecular flexibility index (Phi) is 4.96. The number of fused-ring (bicyclic) bond motifs is 1. The third-order valence-electron chi connectivity index (χ3n) is 5.48. The molecule has 1 saturated heterocycles. The molecule has 1 saturated carbocycles. The van der Waals surface area contributed by atoms with Crippen LogP contribution in [0.2, 0.25) is 0 Å². The summed E-state index contributed by atoms with van der Waals surface area (Å²) in [6.45, 7) is 6.35. The van der Waals surface area contributed by atoms with Crippen molar-refractivity contribution in [2.45, 2.75) is 58.0 Å². The van der Waals surface area contributed by atoms with Crippen molar-refractivity contribution in [2.75, 3.05) is 19.6 Å². The van der Waals surface area contributed by atoms with Gasteiger partial charge in [0.1, 0.15) is 0 Å². The van der Waals surface area contributed by atoms with Crippen LogP contribution in [0.3, 0.4) is 0 Å². The first kappa shape index (κ1) is 15.0. The quantitative estimate of drug-likeness (QED) is 0.907. The van der Waals surface area contributed by atoms with Crippen LogP contribution in [-0.4, -0.2) is 34.3 Å². The fourth-order valence-corrected chi connectivity index (χ4v) is 4.31. The van der Waals surface area contributed by atoms with Crippen molar-refractivity contribution in [3.8, 4) is 0 Å². The van der Waals surface area contributed by atoms with Gasteiger partial charge in [-0.15, -0.1) is 0 Å². The van der Waals surface area contributed by atoms with E-state index >= 15 is 0 Å². The van der Waals surface area contributed by atoms with Crippen LogP contribution in [0.4, 0.5) is 0 Å². The van der Waals surface area contributed by atoms with E-state index in [1.807, 2.05) is 6.20 Å². The minimum Gasteiger partial charge on any atom is -0.329 e. The summed E-state index contributed by atoms with van der Waals surface area (Å²) in [5.74, 6) is 1.89. The van der Waals surface area contributed by atoms with Crippen molar-refractivity contribution < 1.29 is 0 Å². The Hall–Kier alpha value is -0.870. The number of aromatic nitrogens is 2. The highest BCUT2D eigenvalue weighted by atomic mass is 15.3. The van der Waals surface area contributed by atoms with Gasteiger partial charge in [-0.1, -0.05) is 26.2 Å². The van der Waals surface area contributed by atoms with Crippen LogP contribution < -0.4 is 5.73 Å². The highest BCUT2D eigenvalue weighted by Crippen LogP contribution is 2.38. The molecule has 1 aliphatic carbocycles. The van der Waals surface area contributed by atoms with Crippen molar-refractivity contribution in [1.29, 1.82) is 0 Å². The van der Waals surface area contributed by atoms with E-state index in [9.17, 15) is 0 Å². The summed E-state index contributed by atoms with van der Waals surface area (Å²) in [4.78, 5) is 2.62. The molecule has 3 rings (SSSR count). The Morgan fingerprint density at radius 1 is 1.29 bits per heavy atom. The van der Waals surface area contributed by atoms with E-state index in [0.717, 1.165) is 24.8 Å². The molecule has 3 unspecified atom stereocenters. The van der Waals surface area contributed by atoms with Crippen LogP contribution in [0, 0.1) is 11.8 Å². The topological polar surface area (TPSA) is 47.1 Å². The predicted molar refractivity (Wildman–Crippen MR) is 86.0 cm³/mol. The van der Waals surface area contributed by atoms with E-state index in [1.54, 1.807) is 0 Å². The normalized spacial score (nSPS) is 28.3. The third kappa shape index (κ3) is 3.32. The summed E-state index contributed by atoms with van der Waals surface area (Å²) < 4.78 is 2.06. The number of nitrogens with two attached hydrogens (primary N) is 1. The zero-order valence-corrected chi connectivity index (χ0v) is 13.4. The van der Waals surface area contributed by atoms with Gasteiger partial charge in [0.05, 0.1) is 12.2 Å². The maximum atomic E-state index is 6.11. The van der Waals surface area contributed by atoms with Gasteiger partial charge < -0.3 is 5.73 Å². The van der Waals surface area contributed by atoms with Crippen molar-refractivity contribution in [3.63, 3.8) is 0 Å². The van der Waals surface area contributed by atoms with E-state index < -0.39 is 0 Å². The zero-order chi connectivity index (χ0) is 14.7. The van der Waals surface area contributed by atoms with Crippen LogP contribution >= 0.6 is 0 Å². The SMILES string of the molecule is CCCn1cc(C(CN)N2CCC3CCCCC3C2)cn1. The summed E-state index contributed by atoms with van der Waals surface area (Å²) in [7, 11) is 0. The Bertz CT molecular complexity index is 442. The highest BCUT2D eigenvalue weighted by Gasteiger charge is 2.34. The Balaban J connectivity index is 1.67. The Labute approximate surface area is 128 Å². The molecule has 0 radical (unpaired) electrons. The fraction of sp³-hybridized carbons (Fsp3) is 0.824. The van der Waals surface area contributed by atoms with Crippen LogP contribution in [0.5, 0.6) is 0 Å². The number of nitrogens with zero attached hydrogens (tertiary/aromatic N) is 3. The number of hydrogen-bond acceptors (Lipinski definition) is 3. The predicted octanol–water partition coefficient (Wildman–Crippen LogP) is 2.81. The minimum atomic E-state index is 0.360. The lowest BCUT2D eigenvalue weighted by Crippen LogP contribution is -2.45. The second-order valence-electron chi connectivity index (χ2n) is 6.88. The number of aryl methyl sites for hydroxylation is 1. The molecule has 4 nitrogen and oxygen atoms in total. The lowest BCUT2D eigenvalue weighted by atomic mass is 9.74. The molecule has 118 valence electrons. The summed E-state index contributed by atoms with van der Waals surface area (Å²) in [6, 6.07) is 0.360. The largest absolute Gasteiger partial charge is 0.329 e. The standard InChI is InChI=1S/C17H30N4/c1-2-8-21-13-16(11-19-21)17(10-18)20-9-7-14-5-3-4-6-15(14)12-20/h11,13-15,17H,2-10,12,18H2,1H3. The van der Waals surface area contributed by atoms with Gasteiger partial charge in [-0.2, -0.15) is 5.10 Å². The van der Waals surface area contributed by atoms with Crippen LogP contribution in [0.25, 0.3) is 0 Å². The molecule has 3 atom stereocenters. The summed E-state index contributed by atoms with van der Waals surface area (Å²) >= 11 is 0. The van der Waals surface area contributed by atoms with Gasteiger partial charge in [0.25, 0.3) is 0 Å². The molecule has 0 bridgehead atoms. The lowest BCUT2D eigenvalue weighted by Gasteiger charge is -2.44. The van der Waals surface area contributed by atoms with Gasteiger partial charge in [0.2, 0.25) is 0 Å². The molecule has 0 amide bonds. The maximum absolute atomic E-state index is 6.11. The Morgan fingerprint density at radius 2 is 2.10 bits per heavy atom. The highest BCUT2D eigenvalue weighted by molar-refractivity contribution is 5.12. The van der Waals surface area contributed by atoms with Gasteiger partial charge >= 0.3 is 0 Å². The number of hydrogen-bond donors (Lipinski definition) is 1. The average Bonchev–Trinajstić information content (AvgIpc) is 2.97. The minimum absolute atomic E-state index is 0.360. The van der Waals surface area contributed by atoms with Crippen LogP contribution in [0.15, 0.2) is 12.4 Å². The van der Waals surface area contributed by atoms with E-state index in [1.165, 1.54) is 50.8 Å². The molecule has 2 aliphatic rings. The second kappa shape index (κ2) is 6.93. The maximum Gasteiger partial charge on any atom is 0.0538 e. The molecule has 1 aromatic heterocycles. The van der Waals surface area contributed by atoms with E-state index in [0.29, 0.717) is 12.6 Å². The lowest BCUT2D eigenvalue weighted by molar-refractivity contribution is 0.0586. The van der Waals surface area contributed by atoms with E-state index in [-0.39, 0.29) is 0 Å². The molecule has 21 heavy (non-hydrogen) atoms. The molecule has 2 heterocycles. The molecule has 0 spiro atoms. The molecule has 4 heteroatoms. The molecule has 0 aromatic carbocycles. The third-order valence-corrected chi connectivity index (χ3v) is 5.48. The summed E-state index contributed by atoms with van der Waals surface area (Å²) in [6.07, 6.45) is 12.5. The molecule has 1 aromatic rings. The first-order valence-corrected chi connectivity index (χ1v) is 8.78. The second-order valence-corrected chi connectivity index (χ2v) is 6.88. The molecule has 1 aliphatic heterocycles. The first-order chi connectivity index (χ1) is 10.3. The zero-order valence-electron chi connectivity index (χ0n) is 13.4. The Morgan fingerprint density at radius 3 is 2.86 bits per heavy atom. The van der Waals surface area contributed by atoms with E-state index in [2.05, 4.69) is 27.8 Å². The molecular formula is C17H30N4. The van der Waals surface area contributed by atoms with Crippen LogP contribution in [-0.2, 0) is 6.54 Å². The van der Waals surface area contributed by atoms with Gasteiger partial charge in [0.15, 0.2) is 0 Å². The monoisotopic (exact) mass is 290 g/mol. The van der Waals surface area contributed by atoms with Crippen molar-refractivity contribution >= 4 is 0 Å². The fourth-order valence-electron chi connectivity index (χ4n) is 4.31. The summed E-state index contributed by atoms with van der Waals surface area (Å²) in [5.41, 5.74) is 7.41. The smallest absolute Gasteiger partial charge is 0.0538 e. The van der Waals surface area contributed by atoms with E-state index in [4.69, 9.17) is 5.73 Å². The molecule has 2 N–H and O–H groups in total. The van der Waals surface area contributed by atoms with Crippen molar-refractivity contribution in [2.24, 2.45) is 17.6 Å². The number of likely N-dealkylation sites (tertiary alicyclic amines) is 1. The van der Waals surface area contributed by atoms with Gasteiger partial charge in [-0.05, 0) is 37.6 Å². The van der Waals surface area contributed by atoms with Gasteiger partial charge in [-0.3, -0.25) is 9.58 Å². The molecular weight excluding hydrogens is 260 g/mol. The van der Waals surface area contributed by atoms with Gasteiger partial charge in [-0.25, -0.2) is 0 Å². The van der Waals surface area contributed by atoms with Crippen molar-refractivity contribution in [3.05, 3.63) is 18.0 Å². The first-order valence-electron chi connectivity index (χ1n) is 8.78.